The first-order valence-electron chi connectivity index (χ1n) is 4.48. The molecule has 0 fully saturated rings. The van der Waals surface area contributed by atoms with Crippen molar-refractivity contribution in [2.75, 3.05) is 0 Å². The number of aliphatic hydroxyl groups is 1. The molecule has 2 atom stereocenters. The molecular formula is C11H16O. The standard InChI is InChI=1S/C11H16O/c1-2-3-9-11(12)10-7-5-4-6-8-10/h2-3,5,7,9-12H,1,4,6,8H2/b9-3-. The van der Waals surface area contributed by atoms with Crippen molar-refractivity contribution in [2.45, 2.75) is 25.4 Å². The van der Waals surface area contributed by atoms with E-state index in [9.17, 15) is 5.11 Å². The number of allylic oxidation sites excluding steroid dienone is 3. The van der Waals surface area contributed by atoms with Gasteiger partial charge in [-0.05, 0) is 19.3 Å². The molecule has 0 saturated heterocycles. The van der Waals surface area contributed by atoms with Crippen LogP contribution in [0.4, 0.5) is 0 Å². The maximum absolute atomic E-state index is 9.62. The Morgan fingerprint density at radius 1 is 1.58 bits per heavy atom. The van der Waals surface area contributed by atoms with Gasteiger partial charge in [-0.1, -0.05) is 37.0 Å². The van der Waals surface area contributed by atoms with Crippen LogP contribution in [0.5, 0.6) is 0 Å². The third kappa shape index (κ3) is 2.67. The summed E-state index contributed by atoms with van der Waals surface area (Å²) in [5.74, 6) is 0.315. The first-order chi connectivity index (χ1) is 5.84. The first-order valence-corrected chi connectivity index (χ1v) is 4.48. The van der Waals surface area contributed by atoms with E-state index < -0.39 is 0 Å². The van der Waals surface area contributed by atoms with Crippen molar-refractivity contribution < 1.29 is 5.11 Å². The lowest BCUT2D eigenvalue weighted by molar-refractivity contribution is 0.167. The van der Waals surface area contributed by atoms with Crippen LogP contribution in [0.1, 0.15) is 19.3 Å². The molecular weight excluding hydrogens is 148 g/mol. The number of hydrogen-bond donors (Lipinski definition) is 1. The van der Waals surface area contributed by atoms with Gasteiger partial charge in [0.15, 0.2) is 0 Å². The maximum atomic E-state index is 9.62. The fourth-order valence-electron chi connectivity index (χ4n) is 1.46. The highest BCUT2D eigenvalue weighted by atomic mass is 16.3. The second kappa shape index (κ2) is 4.94. The summed E-state index contributed by atoms with van der Waals surface area (Å²) in [7, 11) is 0. The van der Waals surface area contributed by atoms with E-state index in [4.69, 9.17) is 0 Å². The molecule has 0 aliphatic heterocycles. The van der Waals surface area contributed by atoms with Crippen LogP contribution in [0.25, 0.3) is 0 Å². The Bertz CT molecular complexity index is 191. The van der Waals surface area contributed by atoms with Crippen molar-refractivity contribution in [2.24, 2.45) is 5.92 Å². The van der Waals surface area contributed by atoms with Gasteiger partial charge in [-0.25, -0.2) is 0 Å². The zero-order valence-corrected chi connectivity index (χ0v) is 7.32. The minimum atomic E-state index is -0.334. The smallest absolute Gasteiger partial charge is 0.0786 e. The average Bonchev–Trinajstić information content (AvgIpc) is 2.15. The SMILES string of the molecule is C=C/C=C\C(O)C1C=CCCC1. The fourth-order valence-corrected chi connectivity index (χ4v) is 1.46. The highest BCUT2D eigenvalue weighted by Crippen LogP contribution is 2.20. The lowest BCUT2D eigenvalue weighted by atomic mass is 9.91. The van der Waals surface area contributed by atoms with Gasteiger partial charge in [0.2, 0.25) is 0 Å². The molecule has 0 amide bonds. The van der Waals surface area contributed by atoms with Gasteiger partial charge in [-0.3, -0.25) is 0 Å². The van der Waals surface area contributed by atoms with Crippen molar-refractivity contribution >= 4 is 0 Å². The molecule has 1 N–H and O–H groups in total. The molecule has 1 aliphatic rings. The predicted molar refractivity (Wildman–Crippen MR) is 51.8 cm³/mol. The van der Waals surface area contributed by atoms with Crippen LogP contribution < -0.4 is 0 Å². The molecule has 1 nitrogen and oxygen atoms in total. The average molecular weight is 164 g/mol. The summed E-state index contributed by atoms with van der Waals surface area (Å²) in [6.07, 6.45) is 12.7. The molecule has 0 spiro atoms. The second-order valence-electron chi connectivity index (χ2n) is 3.13. The molecule has 12 heavy (non-hydrogen) atoms. The molecule has 0 saturated carbocycles. The summed E-state index contributed by atoms with van der Waals surface area (Å²) in [6, 6.07) is 0. The van der Waals surface area contributed by atoms with Crippen LogP contribution in [0.3, 0.4) is 0 Å². The summed E-state index contributed by atoms with van der Waals surface area (Å²) >= 11 is 0. The normalized spacial score (nSPS) is 25.9. The van der Waals surface area contributed by atoms with Gasteiger partial charge in [0.25, 0.3) is 0 Å². The van der Waals surface area contributed by atoms with Crippen LogP contribution in [0, 0.1) is 5.92 Å². The molecule has 0 bridgehead atoms. The van der Waals surface area contributed by atoms with E-state index in [1.165, 1.54) is 6.42 Å². The number of rotatable bonds is 3. The van der Waals surface area contributed by atoms with Crippen LogP contribution >= 0.6 is 0 Å². The van der Waals surface area contributed by atoms with E-state index in [-0.39, 0.29) is 6.10 Å². The van der Waals surface area contributed by atoms with Gasteiger partial charge in [0, 0.05) is 5.92 Å². The Morgan fingerprint density at radius 3 is 3.00 bits per heavy atom. The molecule has 1 heteroatoms. The third-order valence-electron chi connectivity index (χ3n) is 2.17. The zero-order valence-electron chi connectivity index (χ0n) is 7.32. The van der Waals surface area contributed by atoms with E-state index in [0.717, 1.165) is 12.8 Å². The summed E-state index contributed by atoms with van der Waals surface area (Å²) in [4.78, 5) is 0. The molecule has 1 rings (SSSR count). The van der Waals surface area contributed by atoms with Crippen molar-refractivity contribution in [1.29, 1.82) is 0 Å². The van der Waals surface area contributed by atoms with Crippen molar-refractivity contribution in [3.05, 3.63) is 37.0 Å². The van der Waals surface area contributed by atoms with E-state index in [1.807, 2.05) is 0 Å². The topological polar surface area (TPSA) is 20.2 Å². The van der Waals surface area contributed by atoms with Gasteiger partial charge >= 0.3 is 0 Å². The number of aliphatic hydroxyl groups excluding tert-OH is 1. The lowest BCUT2D eigenvalue weighted by Gasteiger charge is -2.19. The van der Waals surface area contributed by atoms with Crippen molar-refractivity contribution in [3.63, 3.8) is 0 Å². The first kappa shape index (κ1) is 9.27. The second-order valence-corrected chi connectivity index (χ2v) is 3.13. The molecule has 0 heterocycles. The Hall–Kier alpha value is -0.820. The maximum Gasteiger partial charge on any atom is 0.0786 e. The minimum absolute atomic E-state index is 0.315. The van der Waals surface area contributed by atoms with Gasteiger partial charge in [0.1, 0.15) is 0 Å². The molecule has 66 valence electrons. The Balaban J connectivity index is 2.44. The van der Waals surface area contributed by atoms with Crippen LogP contribution in [-0.4, -0.2) is 11.2 Å². The molecule has 2 unspecified atom stereocenters. The summed E-state index contributed by atoms with van der Waals surface area (Å²) in [6.45, 7) is 3.56. The van der Waals surface area contributed by atoms with E-state index in [2.05, 4.69) is 18.7 Å². The Morgan fingerprint density at radius 2 is 2.42 bits per heavy atom. The third-order valence-corrected chi connectivity index (χ3v) is 2.17. The molecule has 0 aromatic rings. The van der Waals surface area contributed by atoms with Crippen molar-refractivity contribution in [1.82, 2.24) is 0 Å². The molecule has 0 radical (unpaired) electrons. The summed E-state index contributed by atoms with van der Waals surface area (Å²) in [5, 5.41) is 9.62. The highest BCUT2D eigenvalue weighted by molar-refractivity contribution is 5.06. The largest absolute Gasteiger partial charge is 0.388 e. The van der Waals surface area contributed by atoms with Gasteiger partial charge < -0.3 is 5.11 Å². The van der Waals surface area contributed by atoms with E-state index >= 15 is 0 Å². The quantitative estimate of drug-likeness (QED) is 0.502. The monoisotopic (exact) mass is 164 g/mol. The van der Waals surface area contributed by atoms with Crippen LogP contribution in [0.15, 0.2) is 37.0 Å². The van der Waals surface area contributed by atoms with Crippen LogP contribution in [-0.2, 0) is 0 Å². The summed E-state index contributed by atoms with van der Waals surface area (Å²) in [5.41, 5.74) is 0. The summed E-state index contributed by atoms with van der Waals surface area (Å²) < 4.78 is 0. The van der Waals surface area contributed by atoms with E-state index in [1.54, 1.807) is 18.2 Å². The highest BCUT2D eigenvalue weighted by Gasteiger charge is 2.14. The number of hydrogen-bond acceptors (Lipinski definition) is 1. The van der Waals surface area contributed by atoms with E-state index in [0.29, 0.717) is 5.92 Å². The Kier molecular flexibility index (Phi) is 3.81. The predicted octanol–water partition coefficient (Wildman–Crippen LogP) is 2.45. The van der Waals surface area contributed by atoms with Gasteiger partial charge in [-0.2, -0.15) is 0 Å². The van der Waals surface area contributed by atoms with Gasteiger partial charge in [0.05, 0.1) is 6.10 Å². The molecule has 1 aliphatic carbocycles. The zero-order chi connectivity index (χ0) is 8.81. The van der Waals surface area contributed by atoms with Gasteiger partial charge in [-0.15, -0.1) is 0 Å². The molecule has 0 aromatic carbocycles. The van der Waals surface area contributed by atoms with Crippen molar-refractivity contribution in [3.8, 4) is 0 Å². The minimum Gasteiger partial charge on any atom is -0.388 e. The fraction of sp³-hybridized carbons (Fsp3) is 0.455. The van der Waals surface area contributed by atoms with Crippen LogP contribution in [0.2, 0.25) is 0 Å². The molecule has 0 aromatic heterocycles. The lowest BCUT2D eigenvalue weighted by Crippen LogP contribution is -2.17. The Labute approximate surface area is 74.1 Å².